The van der Waals surface area contributed by atoms with Crippen LogP contribution in [0, 0.1) is 0 Å². The molecular formula is C9HF17O3S. The van der Waals surface area contributed by atoms with Crippen LogP contribution >= 0.6 is 0 Å². The number of hydrogen-bond acceptors (Lipinski definition) is 2. The van der Waals surface area contributed by atoms with E-state index in [0.29, 0.717) is 0 Å². The third-order valence-corrected chi connectivity index (χ3v) is 5.22. The molecule has 1 fully saturated rings. The topological polar surface area (TPSA) is 54.4 Å². The molecule has 1 saturated carbocycles. The minimum absolute atomic E-state index is 7.93. The zero-order valence-corrected chi connectivity index (χ0v) is 13.4. The van der Waals surface area contributed by atoms with Crippen LogP contribution in [-0.4, -0.2) is 65.4 Å². The minimum atomic E-state index is -8.96. The molecule has 0 aromatic rings. The molecular weight excluding hydrogens is 511 g/mol. The molecule has 1 aliphatic rings. The van der Waals surface area contributed by atoms with Crippen molar-refractivity contribution in [3.05, 3.63) is 0 Å². The molecule has 1 rings (SSSR count). The average molecular weight is 512 g/mol. The molecule has 0 aliphatic heterocycles. The smallest absolute Gasteiger partial charge is 0.283 e. The van der Waals surface area contributed by atoms with Crippen LogP contribution in [0.2, 0.25) is 0 Å². The Bertz CT molecular complexity index is 828. The first-order chi connectivity index (χ1) is 12.5. The quantitative estimate of drug-likeness (QED) is 0.442. The summed E-state index contributed by atoms with van der Waals surface area (Å²) in [5.74, 6) is -51.2. The summed E-state index contributed by atoms with van der Waals surface area (Å²) in [6.45, 7) is 0. The van der Waals surface area contributed by atoms with Crippen LogP contribution < -0.4 is 0 Å². The van der Waals surface area contributed by atoms with Crippen LogP contribution in [0.4, 0.5) is 74.6 Å². The number of hydrogen-bond donors (Lipinski definition) is 1. The molecule has 0 radical (unpaired) electrons. The van der Waals surface area contributed by atoms with E-state index < -0.39 is 62.5 Å². The monoisotopic (exact) mass is 512 g/mol. The van der Waals surface area contributed by atoms with Crippen molar-refractivity contribution in [1.82, 2.24) is 0 Å². The maximum absolute atomic E-state index is 14.1. The summed E-state index contributed by atoms with van der Waals surface area (Å²) >= 11 is 0. The van der Waals surface area contributed by atoms with Gasteiger partial charge >= 0.3 is 62.5 Å². The van der Waals surface area contributed by atoms with Gasteiger partial charge in [0.15, 0.2) is 0 Å². The van der Waals surface area contributed by atoms with Gasteiger partial charge in [-0.05, 0) is 0 Å². The van der Waals surface area contributed by atoms with Crippen molar-refractivity contribution in [1.29, 1.82) is 0 Å². The van der Waals surface area contributed by atoms with Crippen molar-refractivity contribution in [2.75, 3.05) is 0 Å². The molecule has 0 aromatic heterocycles. The molecule has 21 heteroatoms. The zero-order chi connectivity index (χ0) is 25.0. The second kappa shape index (κ2) is 5.74. The molecule has 180 valence electrons. The Hall–Kier alpha value is -1.28. The molecule has 0 amide bonds. The first kappa shape index (κ1) is 26.8. The third kappa shape index (κ3) is 2.25. The van der Waals surface area contributed by atoms with Gasteiger partial charge in [0.05, 0.1) is 0 Å². The van der Waals surface area contributed by atoms with Crippen molar-refractivity contribution in [3.8, 4) is 0 Å². The van der Waals surface area contributed by atoms with Crippen molar-refractivity contribution >= 4 is 10.1 Å². The zero-order valence-electron chi connectivity index (χ0n) is 12.6. The Balaban J connectivity index is 4.17. The van der Waals surface area contributed by atoms with Gasteiger partial charge in [-0.25, -0.2) is 8.78 Å². The Morgan fingerprint density at radius 3 is 1.13 bits per heavy atom. The molecule has 1 N–H and O–H groups in total. The fourth-order valence-corrected chi connectivity index (χ4v) is 3.26. The molecule has 30 heavy (non-hydrogen) atoms. The minimum Gasteiger partial charge on any atom is -0.283 e. The first-order valence-electron chi connectivity index (χ1n) is 6.18. The summed E-state index contributed by atoms with van der Waals surface area (Å²) in [6, 6.07) is 0. The molecule has 1 aliphatic carbocycles. The Labute approximate surface area is 151 Å². The largest absolute Gasteiger partial charge is 0.460 e. The lowest BCUT2D eigenvalue weighted by atomic mass is 9.83. The van der Waals surface area contributed by atoms with Gasteiger partial charge in [0.25, 0.3) is 0 Å². The highest BCUT2D eigenvalue weighted by Gasteiger charge is 3.10. The molecule has 0 aromatic carbocycles. The standard InChI is InChI=1S/C9HF17O3S/c10-1(2(11,12)5(17,18)7(21,22)9(24,25)26)3(13,14)6(19,20)8(23,4(1,15)16)30(27,28)29/h(H,27,28,29). The Kier molecular flexibility index (Phi) is 5.12. The van der Waals surface area contributed by atoms with Crippen LogP contribution in [0.25, 0.3) is 0 Å². The summed E-state index contributed by atoms with van der Waals surface area (Å²) in [7, 11) is -8.20. The van der Waals surface area contributed by atoms with Gasteiger partial charge in [0.1, 0.15) is 0 Å². The van der Waals surface area contributed by atoms with Gasteiger partial charge < -0.3 is 0 Å². The highest BCUT2D eigenvalue weighted by molar-refractivity contribution is 7.87. The number of halogens is 17. The second-order valence-corrected chi connectivity index (χ2v) is 7.19. The predicted molar refractivity (Wildman–Crippen MR) is 55.0 cm³/mol. The van der Waals surface area contributed by atoms with E-state index in [9.17, 15) is 83.1 Å². The predicted octanol–water partition coefficient (Wildman–Crippen LogP) is 4.64. The fraction of sp³-hybridized carbons (Fsp3) is 1.00. The van der Waals surface area contributed by atoms with Crippen molar-refractivity contribution < 1.29 is 87.6 Å². The molecule has 0 heterocycles. The lowest BCUT2D eigenvalue weighted by Crippen LogP contribution is -2.75. The van der Waals surface area contributed by atoms with Crippen LogP contribution in [-0.2, 0) is 10.1 Å². The highest BCUT2D eigenvalue weighted by atomic mass is 32.2. The van der Waals surface area contributed by atoms with Crippen LogP contribution in [0.3, 0.4) is 0 Å². The summed E-state index contributed by atoms with van der Waals surface area (Å²) in [5, 5.41) is -7.93. The van der Waals surface area contributed by atoms with Gasteiger partial charge in [-0.3, -0.25) is 4.55 Å². The van der Waals surface area contributed by atoms with Gasteiger partial charge in [0, 0.05) is 0 Å². The maximum atomic E-state index is 14.1. The van der Waals surface area contributed by atoms with Crippen LogP contribution in [0.1, 0.15) is 0 Å². The molecule has 2 unspecified atom stereocenters. The Morgan fingerprint density at radius 2 is 0.900 bits per heavy atom. The second-order valence-electron chi connectivity index (χ2n) is 5.67. The van der Waals surface area contributed by atoms with E-state index in [2.05, 4.69) is 0 Å². The van der Waals surface area contributed by atoms with Crippen molar-refractivity contribution in [3.63, 3.8) is 0 Å². The number of rotatable bonds is 4. The van der Waals surface area contributed by atoms with E-state index in [1.54, 1.807) is 0 Å². The Morgan fingerprint density at radius 1 is 0.567 bits per heavy atom. The fourth-order valence-electron chi connectivity index (χ4n) is 2.34. The van der Waals surface area contributed by atoms with E-state index in [-0.39, 0.29) is 0 Å². The molecule has 0 bridgehead atoms. The SMILES string of the molecule is O=S(=O)(O)C1(F)C(F)(F)C(F)(F)C(F)(C(F)(F)C(F)(F)C(F)(F)C(F)(F)F)C1(F)F. The summed E-state index contributed by atoms with van der Waals surface area (Å²) in [6.07, 6.45) is -7.95. The van der Waals surface area contributed by atoms with E-state index in [1.165, 1.54) is 0 Å². The number of alkyl halides is 17. The van der Waals surface area contributed by atoms with Crippen molar-refractivity contribution in [2.24, 2.45) is 0 Å². The van der Waals surface area contributed by atoms with E-state index in [1.807, 2.05) is 0 Å². The summed E-state index contributed by atoms with van der Waals surface area (Å²) in [4.78, 5) is 0. The summed E-state index contributed by atoms with van der Waals surface area (Å²) in [5.41, 5.74) is -8.78. The first-order valence-corrected chi connectivity index (χ1v) is 7.62. The molecule has 0 saturated heterocycles. The van der Waals surface area contributed by atoms with Crippen molar-refractivity contribution in [2.45, 2.75) is 52.4 Å². The maximum Gasteiger partial charge on any atom is 0.460 e. The molecule has 0 spiro atoms. The van der Waals surface area contributed by atoms with E-state index in [0.717, 1.165) is 0 Å². The lowest BCUT2D eigenvalue weighted by molar-refractivity contribution is -0.438. The molecule has 3 nitrogen and oxygen atoms in total. The van der Waals surface area contributed by atoms with Crippen LogP contribution in [0.15, 0.2) is 0 Å². The van der Waals surface area contributed by atoms with Gasteiger partial charge in [-0.2, -0.15) is 74.3 Å². The van der Waals surface area contributed by atoms with E-state index in [4.69, 9.17) is 4.55 Å². The summed E-state index contributed by atoms with van der Waals surface area (Å²) < 4.78 is 252. The van der Waals surface area contributed by atoms with E-state index >= 15 is 0 Å². The van der Waals surface area contributed by atoms with Gasteiger partial charge in [0.2, 0.25) is 0 Å². The lowest BCUT2D eigenvalue weighted by Gasteiger charge is -2.42. The third-order valence-electron chi connectivity index (χ3n) is 4.00. The normalized spacial score (nSPS) is 32.3. The molecule has 2 atom stereocenters. The average Bonchev–Trinajstić information content (AvgIpc) is 2.54. The van der Waals surface area contributed by atoms with Crippen LogP contribution in [0.5, 0.6) is 0 Å². The van der Waals surface area contributed by atoms with Gasteiger partial charge in [-0.1, -0.05) is 0 Å². The highest BCUT2D eigenvalue weighted by Crippen LogP contribution is 2.75. The van der Waals surface area contributed by atoms with Gasteiger partial charge in [-0.15, -0.1) is 0 Å².